The van der Waals surface area contributed by atoms with Gasteiger partial charge in [0.2, 0.25) is 5.75 Å². The van der Waals surface area contributed by atoms with E-state index in [1.165, 1.54) is 0 Å². The molecule has 1 aliphatic heterocycles. The number of furan rings is 1. The number of carbonyl (C=O) groups excluding carboxylic acids is 1. The van der Waals surface area contributed by atoms with Gasteiger partial charge in [0, 0.05) is 17.4 Å². The zero-order valence-corrected chi connectivity index (χ0v) is 21.7. The molecule has 33 heavy (non-hydrogen) atoms. The maximum absolute atomic E-state index is 13.1. The number of cyclic esters (lactones) is 1. The summed E-state index contributed by atoms with van der Waals surface area (Å²) in [5, 5.41) is 0.0201. The number of hydrogen-bond donors (Lipinski definition) is 0. The second kappa shape index (κ2) is 8.40. The summed E-state index contributed by atoms with van der Waals surface area (Å²) in [4.78, 5) is 13.1. The molecule has 4 atom stereocenters. The molecule has 1 aromatic heterocycles. The van der Waals surface area contributed by atoms with Crippen LogP contribution in [0.25, 0.3) is 0 Å². The topological polar surface area (TPSA) is 76.4 Å². The molecular formula is C25H34O7Si. The lowest BCUT2D eigenvalue weighted by atomic mass is 9.68. The van der Waals surface area contributed by atoms with Crippen molar-refractivity contribution in [2.45, 2.75) is 50.9 Å². The van der Waals surface area contributed by atoms with Gasteiger partial charge in [-0.15, -0.1) is 0 Å². The van der Waals surface area contributed by atoms with E-state index in [1.807, 2.05) is 18.2 Å². The van der Waals surface area contributed by atoms with Crippen molar-refractivity contribution in [2.24, 2.45) is 11.8 Å². The monoisotopic (exact) mass is 474 g/mol. The number of hydrogen-bond acceptors (Lipinski definition) is 7. The van der Waals surface area contributed by atoms with Crippen molar-refractivity contribution in [3.05, 3.63) is 41.3 Å². The van der Waals surface area contributed by atoms with Crippen LogP contribution in [0.4, 0.5) is 0 Å². The molecule has 8 heteroatoms. The Labute approximate surface area is 196 Å². The van der Waals surface area contributed by atoms with E-state index in [4.69, 9.17) is 27.8 Å². The Bertz CT molecular complexity index is 1010. The maximum atomic E-state index is 13.1. The SMILES string of the molecule is COc1cc([C@@H]2c3ccoc3[C@H](O[Si](C)(C)C(C)(C)C)[C@H]3COC(=O)[C@@H]23)cc(OC)c1OC. The van der Waals surface area contributed by atoms with Crippen LogP contribution < -0.4 is 14.2 Å². The average Bonchev–Trinajstić information content (AvgIpc) is 3.39. The highest BCUT2D eigenvalue weighted by molar-refractivity contribution is 6.74. The van der Waals surface area contributed by atoms with Crippen molar-refractivity contribution in [3.63, 3.8) is 0 Å². The minimum atomic E-state index is -2.14. The molecule has 0 spiro atoms. The lowest BCUT2D eigenvalue weighted by Crippen LogP contribution is -2.45. The number of esters is 1. The van der Waals surface area contributed by atoms with Crippen LogP contribution in [0.3, 0.4) is 0 Å². The molecule has 0 bridgehead atoms. The van der Waals surface area contributed by atoms with Crippen LogP contribution in [-0.4, -0.2) is 42.2 Å². The summed E-state index contributed by atoms with van der Waals surface area (Å²) in [6.45, 7) is 11.4. The number of ether oxygens (including phenoxy) is 4. The molecule has 7 nitrogen and oxygen atoms in total. The first kappa shape index (κ1) is 23.7. The van der Waals surface area contributed by atoms with Gasteiger partial charge in [0.05, 0.1) is 40.1 Å². The predicted molar refractivity (Wildman–Crippen MR) is 126 cm³/mol. The van der Waals surface area contributed by atoms with E-state index in [1.54, 1.807) is 27.6 Å². The lowest BCUT2D eigenvalue weighted by molar-refractivity contribution is -0.141. The van der Waals surface area contributed by atoms with Gasteiger partial charge in [-0.25, -0.2) is 0 Å². The normalized spacial score (nSPS) is 24.7. The largest absolute Gasteiger partial charge is 0.493 e. The van der Waals surface area contributed by atoms with E-state index < -0.39 is 14.2 Å². The van der Waals surface area contributed by atoms with Crippen LogP contribution in [-0.2, 0) is 14.0 Å². The van der Waals surface area contributed by atoms with Crippen LogP contribution in [0.2, 0.25) is 18.1 Å². The molecule has 0 amide bonds. The molecule has 2 aromatic rings. The standard InChI is InChI=1S/C25H34O7Si/c1-25(2,3)33(7,8)32-22-16-13-31-24(26)20(16)19(15-9-10-30-21(15)22)14-11-17(27-4)23(29-6)18(12-14)28-5/h9-12,16,19-20,22H,13H2,1-8H3/t16-,19+,20+,22+/m0/s1. The van der Waals surface area contributed by atoms with Gasteiger partial charge < -0.3 is 27.8 Å². The first-order valence-electron chi connectivity index (χ1n) is 11.3. The molecule has 0 unspecified atom stereocenters. The number of rotatable bonds is 6. The predicted octanol–water partition coefficient (Wildman–Crippen LogP) is 5.30. The molecule has 1 aliphatic carbocycles. The van der Waals surface area contributed by atoms with Crippen molar-refractivity contribution in [1.82, 2.24) is 0 Å². The first-order valence-corrected chi connectivity index (χ1v) is 14.2. The third kappa shape index (κ3) is 3.83. The van der Waals surface area contributed by atoms with Crippen LogP contribution in [0.1, 0.15) is 49.7 Å². The van der Waals surface area contributed by atoms with E-state index in [0.29, 0.717) is 23.9 Å². The summed E-state index contributed by atoms with van der Waals surface area (Å²) in [6.07, 6.45) is 1.36. The second-order valence-corrected chi connectivity index (χ2v) is 15.1. The number of benzene rings is 1. The van der Waals surface area contributed by atoms with Crippen molar-refractivity contribution < 1.29 is 32.6 Å². The van der Waals surface area contributed by atoms with Crippen LogP contribution in [0.5, 0.6) is 17.2 Å². The Kier molecular flexibility index (Phi) is 6.03. The fourth-order valence-corrected chi connectivity index (χ4v) is 5.99. The minimum Gasteiger partial charge on any atom is -0.493 e. The zero-order chi connectivity index (χ0) is 24.1. The Hall–Kier alpha value is -2.45. The zero-order valence-electron chi connectivity index (χ0n) is 20.7. The molecule has 180 valence electrons. The highest BCUT2D eigenvalue weighted by atomic mass is 28.4. The van der Waals surface area contributed by atoms with Gasteiger partial charge in [-0.2, -0.15) is 0 Å². The van der Waals surface area contributed by atoms with Gasteiger partial charge in [0.1, 0.15) is 11.9 Å². The van der Waals surface area contributed by atoms with E-state index in [9.17, 15) is 4.79 Å². The summed E-state index contributed by atoms with van der Waals surface area (Å²) in [5.41, 5.74) is 1.82. The Morgan fingerprint density at radius 2 is 1.67 bits per heavy atom. The first-order chi connectivity index (χ1) is 15.5. The molecule has 0 N–H and O–H groups in total. The molecule has 1 aromatic carbocycles. The third-order valence-corrected chi connectivity index (χ3v) is 11.9. The van der Waals surface area contributed by atoms with Crippen molar-refractivity contribution >= 4 is 14.3 Å². The Morgan fingerprint density at radius 1 is 1.03 bits per heavy atom. The summed E-state index contributed by atoms with van der Waals surface area (Å²) in [7, 11) is 2.60. The second-order valence-electron chi connectivity index (χ2n) is 10.3. The number of fused-ring (bicyclic) bond motifs is 2. The van der Waals surface area contributed by atoms with Crippen molar-refractivity contribution in [1.29, 1.82) is 0 Å². The van der Waals surface area contributed by atoms with Gasteiger partial charge in [-0.3, -0.25) is 4.79 Å². The van der Waals surface area contributed by atoms with E-state index in [0.717, 1.165) is 16.9 Å². The van der Waals surface area contributed by atoms with E-state index in [-0.39, 0.29) is 28.9 Å². The van der Waals surface area contributed by atoms with Crippen molar-refractivity contribution in [2.75, 3.05) is 27.9 Å². The van der Waals surface area contributed by atoms with Crippen LogP contribution in [0.15, 0.2) is 28.9 Å². The average molecular weight is 475 g/mol. The summed E-state index contributed by atoms with van der Waals surface area (Å²) in [5.74, 6) is 1.34. The Balaban J connectivity index is 1.85. The van der Waals surface area contributed by atoms with Gasteiger partial charge in [-0.05, 0) is 41.9 Å². The molecule has 2 aliphatic rings. The van der Waals surface area contributed by atoms with Gasteiger partial charge in [0.15, 0.2) is 19.8 Å². The number of carbonyl (C=O) groups is 1. The van der Waals surface area contributed by atoms with Gasteiger partial charge in [-0.1, -0.05) is 20.8 Å². The molecular weight excluding hydrogens is 440 g/mol. The summed E-state index contributed by atoms with van der Waals surface area (Å²) in [6, 6.07) is 5.74. The van der Waals surface area contributed by atoms with E-state index in [2.05, 4.69) is 33.9 Å². The molecule has 1 saturated heterocycles. The third-order valence-electron chi connectivity index (χ3n) is 7.49. The minimum absolute atomic E-state index is 0.0201. The molecule has 0 radical (unpaired) electrons. The molecule has 2 heterocycles. The highest BCUT2D eigenvalue weighted by Gasteiger charge is 2.56. The van der Waals surface area contributed by atoms with E-state index >= 15 is 0 Å². The van der Waals surface area contributed by atoms with Crippen molar-refractivity contribution in [3.8, 4) is 17.2 Å². The summed E-state index contributed by atoms with van der Waals surface area (Å²) < 4.78 is 35.1. The number of methoxy groups -OCH3 is 3. The van der Waals surface area contributed by atoms with Gasteiger partial charge in [0.25, 0.3) is 0 Å². The quantitative estimate of drug-likeness (QED) is 0.415. The van der Waals surface area contributed by atoms with Crippen LogP contribution in [0, 0.1) is 11.8 Å². The fraction of sp³-hybridized carbons (Fsp3) is 0.560. The highest BCUT2D eigenvalue weighted by Crippen LogP contribution is 2.56. The maximum Gasteiger partial charge on any atom is 0.310 e. The summed E-state index contributed by atoms with van der Waals surface area (Å²) >= 11 is 0. The van der Waals surface area contributed by atoms with Crippen LogP contribution >= 0.6 is 0 Å². The smallest absolute Gasteiger partial charge is 0.310 e. The lowest BCUT2D eigenvalue weighted by Gasteiger charge is -2.43. The fourth-order valence-electron chi connectivity index (χ4n) is 4.72. The molecule has 0 saturated carbocycles. The molecule has 4 rings (SSSR count). The molecule has 1 fully saturated rings. The van der Waals surface area contributed by atoms with Gasteiger partial charge >= 0.3 is 5.97 Å². The Morgan fingerprint density at radius 3 is 2.21 bits per heavy atom.